The second-order valence-corrected chi connectivity index (χ2v) is 43.9. The van der Waals surface area contributed by atoms with Crippen LogP contribution in [0, 0.1) is 80.8 Å². The van der Waals surface area contributed by atoms with Crippen LogP contribution in [-0.4, -0.2) is 25.4 Å². The molecule has 0 amide bonds. The third-order valence-electron chi connectivity index (χ3n) is 20.4. The molecule has 114 heavy (non-hydrogen) atoms. The number of benzene rings is 8. The van der Waals surface area contributed by atoms with Crippen LogP contribution in [-0.2, 0) is 0 Å². The van der Waals surface area contributed by atoms with Gasteiger partial charge in [0.2, 0.25) is 0 Å². The van der Waals surface area contributed by atoms with Gasteiger partial charge in [0.05, 0.1) is 0 Å². The SMILES string of the molecule is CC(C)c1cccc(C(C)C)c1N=C[N-]c1c(C(C)C)cccc1C(C)C.CC(C)c1cccc(C(C)C)c1N=C[N-]c1c(C(C)C)cccc1C(C)C.CC(C)c1cccc(C(C)C)c1N=C[N-]c1c(C(C)C)cccc1C(C)C.CC(C)c1cccc(C(C)C)c1N=C[N-]c1c(C(C)C)cccc1C(C)C.[P]1[P][P][P]1.[Sm].[Sm]. The molecule has 1 aliphatic rings. The number of nitrogens with zero attached hydrogens (tertiary/aromatic N) is 8. The van der Waals surface area contributed by atoms with Crippen molar-refractivity contribution in [3.8, 4) is 0 Å². The van der Waals surface area contributed by atoms with Crippen molar-refractivity contribution in [1.82, 2.24) is 0 Å². The molecule has 0 aliphatic carbocycles. The molecule has 0 bridgehead atoms. The Morgan fingerprint density at radius 1 is 0.175 bits per heavy atom. The van der Waals surface area contributed by atoms with Crippen molar-refractivity contribution in [3.63, 3.8) is 0 Å². The van der Waals surface area contributed by atoms with Gasteiger partial charge in [0.1, 0.15) is 0 Å². The molecular weight excluding hydrogens is 1740 g/mol. The standard InChI is InChI=1S/4C25H35N2.P4.2Sm/c4*1-16(2)20-11-9-12-21(17(3)4)24(20)26-15-27-25-22(18(5)6)13-10-14-23(25)19(7)8;1-2-4-3-1;;/h4*9-19H,1-8H3;;;/q4*-1;;;. The zero-order chi connectivity index (χ0) is 83.4. The van der Waals surface area contributed by atoms with E-state index in [1.165, 1.54) is 89.0 Å². The minimum atomic E-state index is 0. The van der Waals surface area contributed by atoms with E-state index < -0.39 is 0 Å². The third kappa shape index (κ3) is 30.9. The van der Waals surface area contributed by atoms with Crippen molar-refractivity contribution >= 4 is 103 Å². The minimum absolute atomic E-state index is 0. The summed E-state index contributed by atoms with van der Waals surface area (Å²) >= 11 is 0. The second-order valence-electron chi connectivity index (χ2n) is 34.6. The molecule has 0 aromatic heterocycles. The van der Waals surface area contributed by atoms with Crippen molar-refractivity contribution in [1.29, 1.82) is 0 Å². The summed E-state index contributed by atoms with van der Waals surface area (Å²) in [5.74, 6) is 6.96. The number of para-hydroxylation sites is 8. The summed E-state index contributed by atoms with van der Waals surface area (Å²) in [7, 11) is 6.44. The molecule has 0 saturated carbocycles. The monoisotopic (exact) mass is 1880 g/mol. The van der Waals surface area contributed by atoms with Gasteiger partial charge in [-0.25, -0.2) is 0 Å². The number of hydrogen-bond acceptors (Lipinski definition) is 4. The van der Waals surface area contributed by atoms with Crippen LogP contribution in [0.25, 0.3) is 21.3 Å². The van der Waals surface area contributed by atoms with E-state index in [0.29, 0.717) is 94.7 Å². The topological polar surface area (TPSA) is 106 Å². The van der Waals surface area contributed by atoms with Crippen LogP contribution >= 0.6 is 31.8 Å². The Morgan fingerprint density at radius 3 is 0.360 bits per heavy atom. The van der Waals surface area contributed by atoms with Crippen molar-refractivity contribution in [2.24, 2.45) is 20.0 Å². The average molecular weight is 1880 g/mol. The van der Waals surface area contributed by atoms with Gasteiger partial charge in [-0.1, -0.05) is 393 Å². The molecule has 14 heteroatoms. The second kappa shape index (κ2) is 52.3. The molecule has 8 aromatic rings. The van der Waals surface area contributed by atoms with Gasteiger partial charge < -0.3 is 41.2 Å². The van der Waals surface area contributed by atoms with E-state index in [1.54, 1.807) is 57.2 Å². The van der Waals surface area contributed by atoms with Gasteiger partial charge in [-0.2, -0.15) is 0 Å². The fourth-order valence-electron chi connectivity index (χ4n) is 13.9. The van der Waals surface area contributed by atoms with Crippen molar-refractivity contribution in [2.75, 3.05) is 0 Å². The van der Waals surface area contributed by atoms with Crippen molar-refractivity contribution in [3.05, 3.63) is 256 Å². The first kappa shape index (κ1) is 104. The summed E-state index contributed by atoms with van der Waals surface area (Å²) in [5.41, 5.74) is 29.2. The Morgan fingerprint density at radius 2 is 0.272 bits per heavy atom. The van der Waals surface area contributed by atoms with Crippen LogP contribution in [0.15, 0.2) is 166 Å². The normalized spacial score (nSPS) is 13.2. The predicted molar refractivity (Wildman–Crippen MR) is 509 cm³/mol. The molecule has 4 radical (unpaired) electrons. The summed E-state index contributed by atoms with van der Waals surface area (Å²) in [6.07, 6.45) is 7.06. The maximum absolute atomic E-state index is 4.85. The smallest absolute Gasteiger partial charge is 0 e. The summed E-state index contributed by atoms with van der Waals surface area (Å²) < 4.78 is 0. The summed E-state index contributed by atoms with van der Waals surface area (Å²) in [6, 6.07) is 52.1. The molecule has 0 spiro atoms. The van der Waals surface area contributed by atoms with E-state index >= 15 is 0 Å². The molecule has 0 unspecified atom stereocenters. The van der Waals surface area contributed by atoms with Crippen LogP contribution in [0.3, 0.4) is 0 Å². The fraction of sp³-hybridized carbons (Fsp3) is 0.480. The van der Waals surface area contributed by atoms with Gasteiger partial charge in [0, 0.05) is 113 Å². The molecular formula is C100H140N8P4Sm2-4. The first-order valence-corrected chi connectivity index (χ1v) is 48.1. The predicted octanol–water partition coefficient (Wildman–Crippen LogP) is 37.6. The Balaban J connectivity index is 0.000000384. The van der Waals surface area contributed by atoms with Gasteiger partial charge in [0.15, 0.2) is 0 Å². The maximum atomic E-state index is 4.85. The molecule has 8 aromatic carbocycles. The zero-order valence-electron chi connectivity index (χ0n) is 75.6. The Hall–Kier alpha value is -3.96. The van der Waals surface area contributed by atoms with E-state index in [9.17, 15) is 0 Å². The molecule has 9 rings (SSSR count). The van der Waals surface area contributed by atoms with E-state index in [0.717, 1.165) is 45.5 Å². The van der Waals surface area contributed by atoms with Crippen LogP contribution < -0.4 is 0 Å². The average Bonchev–Trinajstić information content (AvgIpc) is 0.829. The van der Waals surface area contributed by atoms with E-state index in [1.807, 2.05) is 0 Å². The maximum Gasteiger partial charge on any atom is 0 e. The first-order chi connectivity index (χ1) is 52.9. The third-order valence-corrected chi connectivity index (χ3v) is 33.2. The van der Waals surface area contributed by atoms with Crippen LogP contribution in [0.2, 0.25) is 0 Å². The van der Waals surface area contributed by atoms with Gasteiger partial charge in [0.25, 0.3) is 0 Å². The summed E-state index contributed by atoms with van der Waals surface area (Å²) in [4.78, 5) is 19.4. The summed E-state index contributed by atoms with van der Waals surface area (Å²) in [6.45, 7) is 71.1. The minimum Gasteiger partial charge on any atom is -0.443 e. The largest absolute Gasteiger partial charge is 0.443 e. The van der Waals surface area contributed by atoms with Gasteiger partial charge in [-0.05, 0) is 229 Å². The fourth-order valence-corrected chi connectivity index (χ4v) is 17.1. The van der Waals surface area contributed by atoms with Crippen LogP contribution in [0.1, 0.15) is 405 Å². The number of aliphatic imine (C=N–C) groups is 4. The molecule has 1 heterocycles. The van der Waals surface area contributed by atoms with Crippen molar-refractivity contribution < 1.29 is 80.8 Å². The van der Waals surface area contributed by atoms with Crippen LogP contribution in [0.4, 0.5) is 45.5 Å². The summed E-state index contributed by atoms with van der Waals surface area (Å²) in [5, 5.41) is 19.4. The molecule has 0 atom stereocenters. The molecule has 1 aliphatic heterocycles. The number of hydrogen-bond donors (Lipinski definition) is 0. The quantitative estimate of drug-likeness (QED) is 0.0265. The molecule has 0 N–H and O–H groups in total. The molecule has 1 saturated heterocycles. The van der Waals surface area contributed by atoms with E-state index in [4.69, 9.17) is 41.2 Å². The van der Waals surface area contributed by atoms with E-state index in [-0.39, 0.29) is 80.8 Å². The first-order valence-electron chi connectivity index (χ1n) is 41.7. The van der Waals surface area contributed by atoms with Gasteiger partial charge >= 0.3 is 0 Å². The van der Waals surface area contributed by atoms with Crippen LogP contribution in [0.5, 0.6) is 0 Å². The van der Waals surface area contributed by atoms with E-state index in [2.05, 4.69) is 367 Å². The number of rotatable bonds is 28. The molecule has 616 valence electrons. The zero-order valence-corrected chi connectivity index (χ0v) is 84.4. The molecule has 8 nitrogen and oxygen atoms in total. The Labute approximate surface area is 767 Å². The Kier molecular flexibility index (Phi) is 47.8. The molecule has 1 fully saturated rings. The van der Waals surface area contributed by atoms with Gasteiger partial charge in [-0.3, -0.25) is 0 Å². The van der Waals surface area contributed by atoms with Gasteiger partial charge in [-0.15, -0.1) is 0 Å². The Bertz CT molecular complexity index is 3570. The van der Waals surface area contributed by atoms with Crippen molar-refractivity contribution in [2.45, 2.75) is 316 Å².